The first-order chi connectivity index (χ1) is 6.16. The predicted octanol–water partition coefficient (Wildman–Crippen LogP) is 4.63. The van der Waals surface area contributed by atoms with Gasteiger partial charge in [0.25, 0.3) is 0 Å². The summed E-state index contributed by atoms with van der Waals surface area (Å²) in [5, 5.41) is 8.84. The molecule has 0 aromatic rings. The Kier molecular flexibility index (Phi) is 23.7. The van der Waals surface area contributed by atoms with Crippen molar-refractivity contribution >= 4 is 0 Å². The van der Waals surface area contributed by atoms with E-state index in [0.717, 1.165) is 5.57 Å². The van der Waals surface area contributed by atoms with Gasteiger partial charge in [-0.25, -0.2) is 0 Å². The van der Waals surface area contributed by atoms with E-state index in [1.165, 1.54) is 0 Å². The normalized spacial score (nSPS) is 9.54. The quantitative estimate of drug-likeness (QED) is 0.490. The first-order valence-electron chi connectivity index (χ1n) is 4.85. The molecule has 0 saturated carbocycles. The Balaban J connectivity index is -0.000000218. The van der Waals surface area contributed by atoms with Crippen LogP contribution in [0.1, 0.15) is 41.5 Å². The summed E-state index contributed by atoms with van der Waals surface area (Å²) in [5.41, 5.74) is 0.934. The van der Waals surface area contributed by atoms with E-state index in [0.29, 0.717) is 0 Å². The number of rotatable bonds is 2. The minimum Gasteiger partial charge on any atom is -0.508 e. The second-order valence-corrected chi connectivity index (χ2v) is 1.89. The lowest BCUT2D eigenvalue weighted by Gasteiger charge is -1.86. The summed E-state index contributed by atoms with van der Waals surface area (Å²) >= 11 is 0. The maximum Gasteiger partial charge on any atom is 0.111 e. The van der Waals surface area contributed by atoms with E-state index in [4.69, 9.17) is 5.11 Å². The summed E-state index contributed by atoms with van der Waals surface area (Å²) in [7, 11) is 0. The number of hydrogen-bond acceptors (Lipinski definition) is 1. The molecule has 0 atom stereocenters. The first kappa shape index (κ1) is 17.9. The van der Waals surface area contributed by atoms with E-state index in [1.807, 2.05) is 34.6 Å². The Morgan fingerprint density at radius 3 is 1.69 bits per heavy atom. The number of hydrogen-bond donors (Lipinski definition) is 1. The largest absolute Gasteiger partial charge is 0.508 e. The van der Waals surface area contributed by atoms with Gasteiger partial charge in [0, 0.05) is 0 Å². The zero-order valence-corrected chi connectivity index (χ0v) is 9.89. The molecule has 0 heterocycles. The van der Waals surface area contributed by atoms with E-state index >= 15 is 0 Å². The van der Waals surface area contributed by atoms with Gasteiger partial charge in [0.05, 0.1) is 0 Å². The lowest BCUT2D eigenvalue weighted by atomic mass is 10.3. The fourth-order valence-electron chi connectivity index (χ4n) is 0.324. The van der Waals surface area contributed by atoms with Crippen LogP contribution < -0.4 is 0 Å². The highest BCUT2D eigenvalue weighted by atomic mass is 16.3. The SMILES string of the molecule is C=C(C)/C=C\C(O)=C/C.CC.CC. The van der Waals surface area contributed by atoms with Crippen LogP contribution in [-0.4, -0.2) is 5.11 Å². The highest BCUT2D eigenvalue weighted by Gasteiger charge is 1.78. The number of allylic oxidation sites excluding steroid dienone is 4. The maximum absolute atomic E-state index is 8.84. The third kappa shape index (κ3) is 24.7. The lowest BCUT2D eigenvalue weighted by molar-refractivity contribution is 0.431. The standard InChI is InChI=1S/C8H12O.2C2H6/c1-4-8(9)6-5-7(2)3;2*1-2/h4-6,9H,2H2,1,3H3;2*1-2H3/b6-5-,8-4+;;. The van der Waals surface area contributed by atoms with E-state index < -0.39 is 0 Å². The van der Waals surface area contributed by atoms with Crippen molar-refractivity contribution in [1.29, 1.82) is 0 Å². The van der Waals surface area contributed by atoms with Gasteiger partial charge < -0.3 is 5.11 Å². The molecule has 0 saturated heterocycles. The van der Waals surface area contributed by atoms with Crippen LogP contribution in [0.5, 0.6) is 0 Å². The summed E-state index contributed by atoms with van der Waals surface area (Å²) in [5.74, 6) is 0.276. The van der Waals surface area contributed by atoms with E-state index in [-0.39, 0.29) is 5.76 Å². The zero-order chi connectivity index (χ0) is 11.3. The topological polar surface area (TPSA) is 20.2 Å². The van der Waals surface area contributed by atoms with Gasteiger partial charge in [0.1, 0.15) is 5.76 Å². The van der Waals surface area contributed by atoms with Crippen molar-refractivity contribution in [2.24, 2.45) is 0 Å². The molecule has 0 aliphatic carbocycles. The second kappa shape index (κ2) is 17.2. The molecule has 0 unspecified atom stereocenters. The Morgan fingerprint density at radius 1 is 1.08 bits per heavy atom. The molecule has 0 radical (unpaired) electrons. The third-order valence-electron chi connectivity index (χ3n) is 0.834. The molecule has 1 nitrogen and oxygen atoms in total. The highest BCUT2D eigenvalue weighted by molar-refractivity contribution is 5.19. The van der Waals surface area contributed by atoms with Crippen LogP contribution in [-0.2, 0) is 0 Å². The molecule has 78 valence electrons. The zero-order valence-electron chi connectivity index (χ0n) is 9.89. The summed E-state index contributed by atoms with van der Waals surface area (Å²) in [4.78, 5) is 0. The van der Waals surface area contributed by atoms with Crippen LogP contribution in [0.25, 0.3) is 0 Å². The molecule has 0 aliphatic heterocycles. The van der Waals surface area contributed by atoms with Crippen molar-refractivity contribution in [3.8, 4) is 0 Å². The molecule has 13 heavy (non-hydrogen) atoms. The van der Waals surface area contributed by atoms with Crippen molar-refractivity contribution in [1.82, 2.24) is 0 Å². The van der Waals surface area contributed by atoms with E-state index in [1.54, 1.807) is 25.2 Å². The first-order valence-corrected chi connectivity index (χ1v) is 4.85. The minimum absolute atomic E-state index is 0.276. The summed E-state index contributed by atoms with van der Waals surface area (Å²) in [6, 6.07) is 0. The molecule has 0 aliphatic rings. The van der Waals surface area contributed by atoms with Crippen LogP contribution >= 0.6 is 0 Å². The third-order valence-corrected chi connectivity index (χ3v) is 0.834. The fourth-order valence-corrected chi connectivity index (χ4v) is 0.324. The van der Waals surface area contributed by atoms with Crippen molar-refractivity contribution in [2.45, 2.75) is 41.5 Å². The lowest BCUT2D eigenvalue weighted by Crippen LogP contribution is -1.70. The van der Waals surface area contributed by atoms with E-state index in [9.17, 15) is 0 Å². The van der Waals surface area contributed by atoms with Gasteiger partial charge >= 0.3 is 0 Å². The Labute approximate surface area is 83.5 Å². The van der Waals surface area contributed by atoms with Gasteiger partial charge in [-0.1, -0.05) is 45.9 Å². The van der Waals surface area contributed by atoms with Crippen LogP contribution in [0, 0.1) is 0 Å². The molecule has 0 aromatic carbocycles. The summed E-state index contributed by atoms with van der Waals surface area (Å²) in [6.45, 7) is 15.3. The number of aliphatic hydroxyl groups excluding tert-OH is 1. The van der Waals surface area contributed by atoms with Crippen molar-refractivity contribution in [2.75, 3.05) is 0 Å². The molecule has 1 N–H and O–H groups in total. The summed E-state index contributed by atoms with van der Waals surface area (Å²) in [6.07, 6.45) is 5.00. The van der Waals surface area contributed by atoms with Crippen LogP contribution in [0.4, 0.5) is 0 Å². The van der Waals surface area contributed by atoms with Gasteiger partial charge in [0.15, 0.2) is 0 Å². The molecule has 0 fully saturated rings. The monoisotopic (exact) mass is 184 g/mol. The molecular formula is C12H24O. The van der Waals surface area contributed by atoms with Gasteiger partial charge in [0.2, 0.25) is 0 Å². The number of aliphatic hydroxyl groups is 1. The van der Waals surface area contributed by atoms with Crippen molar-refractivity contribution in [3.05, 3.63) is 36.1 Å². The van der Waals surface area contributed by atoms with Gasteiger partial charge in [-0.2, -0.15) is 0 Å². The molecule has 0 bridgehead atoms. The Hall–Kier alpha value is -0.980. The van der Waals surface area contributed by atoms with Crippen molar-refractivity contribution in [3.63, 3.8) is 0 Å². The van der Waals surface area contributed by atoms with E-state index in [2.05, 4.69) is 6.58 Å². The molecule has 0 aromatic heterocycles. The molecular weight excluding hydrogens is 160 g/mol. The average Bonchev–Trinajstić information content (AvgIpc) is 2.20. The average molecular weight is 184 g/mol. The maximum atomic E-state index is 8.84. The second-order valence-electron chi connectivity index (χ2n) is 1.89. The van der Waals surface area contributed by atoms with Gasteiger partial charge in [-0.3, -0.25) is 0 Å². The van der Waals surface area contributed by atoms with Gasteiger partial charge in [-0.05, 0) is 26.0 Å². The van der Waals surface area contributed by atoms with Crippen molar-refractivity contribution < 1.29 is 5.11 Å². The smallest absolute Gasteiger partial charge is 0.111 e. The fraction of sp³-hybridized carbons (Fsp3) is 0.500. The van der Waals surface area contributed by atoms with Gasteiger partial charge in [-0.15, -0.1) is 0 Å². The summed E-state index contributed by atoms with van der Waals surface area (Å²) < 4.78 is 0. The molecule has 0 spiro atoms. The predicted molar refractivity (Wildman–Crippen MR) is 63.0 cm³/mol. The molecule has 0 amide bonds. The molecule has 0 rings (SSSR count). The Bertz CT molecular complexity index is 153. The van der Waals surface area contributed by atoms with Crippen LogP contribution in [0.15, 0.2) is 36.1 Å². The minimum atomic E-state index is 0.276. The highest BCUT2D eigenvalue weighted by Crippen LogP contribution is 1.94. The van der Waals surface area contributed by atoms with Crippen LogP contribution in [0.2, 0.25) is 0 Å². The molecule has 1 heteroatoms. The Morgan fingerprint density at radius 2 is 1.46 bits per heavy atom. The van der Waals surface area contributed by atoms with Crippen LogP contribution in [0.3, 0.4) is 0 Å².